The van der Waals surface area contributed by atoms with Gasteiger partial charge >= 0.3 is 5.97 Å². The summed E-state index contributed by atoms with van der Waals surface area (Å²) in [5.41, 5.74) is 1.03. The molecule has 2 rings (SSSR count). The Kier molecular flexibility index (Phi) is 6.29. The maximum Gasteiger partial charge on any atom is 0.308 e. The summed E-state index contributed by atoms with van der Waals surface area (Å²) in [5, 5.41) is 0. The second-order valence-corrected chi connectivity index (χ2v) is 5.48. The molecule has 0 aliphatic rings. The van der Waals surface area contributed by atoms with Crippen LogP contribution in [0.2, 0.25) is 0 Å². The van der Waals surface area contributed by atoms with E-state index in [1.807, 2.05) is 30.3 Å². The van der Waals surface area contributed by atoms with Crippen molar-refractivity contribution < 1.29 is 23.0 Å². The van der Waals surface area contributed by atoms with Crippen LogP contribution in [0.3, 0.4) is 0 Å². The summed E-state index contributed by atoms with van der Waals surface area (Å²) >= 11 is 0. The summed E-state index contributed by atoms with van der Waals surface area (Å²) in [6.45, 7) is 3.68. The van der Waals surface area contributed by atoms with E-state index in [1.54, 1.807) is 13.8 Å². The highest BCUT2D eigenvalue weighted by atomic mass is 19.1. The highest BCUT2D eigenvalue weighted by Gasteiger charge is 2.20. The zero-order chi connectivity index (χ0) is 17.5. The molecule has 0 saturated heterocycles. The molecule has 128 valence electrons. The zero-order valence-corrected chi connectivity index (χ0v) is 13.7. The van der Waals surface area contributed by atoms with Gasteiger partial charge < -0.3 is 9.47 Å². The smallest absolute Gasteiger partial charge is 0.308 e. The predicted octanol–water partition coefficient (Wildman–Crippen LogP) is 4.29. The van der Waals surface area contributed by atoms with Gasteiger partial charge in [-0.25, -0.2) is 8.78 Å². The Morgan fingerprint density at radius 3 is 2.50 bits per heavy atom. The SMILES string of the molecule is CCOC(=O)C(C)Cc1ccc(F)c(OCc2ccccc2)c1F. The molecule has 0 saturated carbocycles. The normalized spacial score (nSPS) is 11.8. The van der Waals surface area contributed by atoms with Crippen LogP contribution in [0.25, 0.3) is 0 Å². The number of rotatable bonds is 7. The van der Waals surface area contributed by atoms with E-state index in [1.165, 1.54) is 6.07 Å². The lowest BCUT2D eigenvalue weighted by Gasteiger charge is -2.14. The number of ether oxygens (including phenoxy) is 2. The fourth-order valence-electron chi connectivity index (χ4n) is 2.29. The first-order chi connectivity index (χ1) is 11.5. The Bertz CT molecular complexity index is 687. The molecular formula is C19H20F2O3. The minimum Gasteiger partial charge on any atom is -0.483 e. The topological polar surface area (TPSA) is 35.5 Å². The van der Waals surface area contributed by atoms with Gasteiger partial charge in [0, 0.05) is 0 Å². The molecule has 0 aliphatic carbocycles. The minimum atomic E-state index is -0.776. The maximum atomic E-state index is 14.5. The van der Waals surface area contributed by atoms with Crippen LogP contribution in [-0.4, -0.2) is 12.6 Å². The van der Waals surface area contributed by atoms with Crippen molar-refractivity contribution >= 4 is 5.97 Å². The van der Waals surface area contributed by atoms with Gasteiger partial charge in [-0.3, -0.25) is 4.79 Å². The zero-order valence-electron chi connectivity index (χ0n) is 13.7. The van der Waals surface area contributed by atoms with Crippen LogP contribution in [0.1, 0.15) is 25.0 Å². The van der Waals surface area contributed by atoms with Gasteiger partial charge in [0.15, 0.2) is 17.4 Å². The third-order valence-corrected chi connectivity index (χ3v) is 3.57. The largest absolute Gasteiger partial charge is 0.483 e. The van der Waals surface area contributed by atoms with Crippen LogP contribution in [-0.2, 0) is 22.6 Å². The first-order valence-electron chi connectivity index (χ1n) is 7.83. The Hall–Kier alpha value is -2.43. The first-order valence-corrected chi connectivity index (χ1v) is 7.83. The van der Waals surface area contributed by atoms with Gasteiger partial charge in [0.2, 0.25) is 0 Å². The Balaban J connectivity index is 2.13. The predicted molar refractivity (Wildman–Crippen MR) is 86.6 cm³/mol. The van der Waals surface area contributed by atoms with Crippen molar-refractivity contribution in [2.24, 2.45) is 5.92 Å². The third kappa shape index (κ3) is 4.54. The number of hydrogen-bond donors (Lipinski definition) is 0. The summed E-state index contributed by atoms with van der Waals surface area (Å²) < 4.78 is 38.6. The maximum absolute atomic E-state index is 14.5. The van der Waals surface area contributed by atoms with Gasteiger partial charge in [-0.1, -0.05) is 43.3 Å². The molecule has 1 unspecified atom stereocenters. The van der Waals surface area contributed by atoms with Gasteiger partial charge in [0.1, 0.15) is 6.61 Å². The summed E-state index contributed by atoms with van der Waals surface area (Å²) in [5.74, 6) is -2.90. The Morgan fingerprint density at radius 1 is 1.12 bits per heavy atom. The molecule has 2 aromatic rings. The summed E-state index contributed by atoms with van der Waals surface area (Å²) in [6, 6.07) is 11.6. The van der Waals surface area contributed by atoms with E-state index >= 15 is 0 Å². The summed E-state index contributed by atoms with van der Waals surface area (Å²) in [6.07, 6.45) is 0.118. The number of carbonyl (C=O) groups excluding carboxylic acids is 1. The second-order valence-electron chi connectivity index (χ2n) is 5.48. The van der Waals surface area contributed by atoms with Crippen molar-refractivity contribution in [3.8, 4) is 5.75 Å². The van der Waals surface area contributed by atoms with Crippen molar-refractivity contribution in [2.75, 3.05) is 6.61 Å². The molecule has 0 aromatic heterocycles. The number of hydrogen-bond acceptors (Lipinski definition) is 3. The molecule has 0 N–H and O–H groups in total. The van der Waals surface area contributed by atoms with E-state index in [0.29, 0.717) is 0 Å². The Morgan fingerprint density at radius 2 is 1.83 bits per heavy atom. The third-order valence-electron chi connectivity index (χ3n) is 3.57. The molecule has 0 bridgehead atoms. The van der Waals surface area contributed by atoms with E-state index in [9.17, 15) is 13.6 Å². The van der Waals surface area contributed by atoms with Gasteiger partial charge in [-0.2, -0.15) is 0 Å². The molecule has 0 radical (unpaired) electrons. The van der Waals surface area contributed by atoms with Crippen molar-refractivity contribution in [1.82, 2.24) is 0 Å². The fraction of sp³-hybridized carbons (Fsp3) is 0.316. The highest BCUT2D eigenvalue weighted by molar-refractivity contribution is 5.72. The molecule has 2 aromatic carbocycles. The number of carbonyl (C=O) groups is 1. The van der Waals surface area contributed by atoms with E-state index in [0.717, 1.165) is 11.6 Å². The van der Waals surface area contributed by atoms with E-state index in [-0.39, 0.29) is 25.2 Å². The van der Waals surface area contributed by atoms with E-state index < -0.39 is 29.3 Å². The van der Waals surface area contributed by atoms with Gasteiger partial charge in [-0.05, 0) is 30.5 Å². The number of esters is 1. The van der Waals surface area contributed by atoms with Gasteiger partial charge in [0.25, 0.3) is 0 Å². The average molecular weight is 334 g/mol. The monoisotopic (exact) mass is 334 g/mol. The second kappa shape index (κ2) is 8.43. The van der Waals surface area contributed by atoms with Gasteiger partial charge in [-0.15, -0.1) is 0 Å². The van der Waals surface area contributed by atoms with E-state index in [4.69, 9.17) is 9.47 Å². The van der Waals surface area contributed by atoms with Gasteiger partial charge in [0.05, 0.1) is 12.5 Å². The van der Waals surface area contributed by atoms with Crippen LogP contribution in [0.5, 0.6) is 5.75 Å². The molecule has 1 atom stereocenters. The minimum absolute atomic E-state index is 0.0611. The standard InChI is InChI=1S/C19H20F2O3/c1-3-23-19(22)13(2)11-15-9-10-16(20)18(17(15)21)24-12-14-7-5-4-6-8-14/h4-10,13H,3,11-12H2,1-2H3. The molecule has 0 heterocycles. The lowest BCUT2D eigenvalue weighted by molar-refractivity contribution is -0.147. The Labute approximate surface area is 140 Å². The van der Waals surface area contributed by atoms with Crippen molar-refractivity contribution in [2.45, 2.75) is 26.9 Å². The van der Waals surface area contributed by atoms with Crippen molar-refractivity contribution in [3.05, 3.63) is 65.2 Å². The van der Waals surface area contributed by atoms with Crippen molar-refractivity contribution in [1.29, 1.82) is 0 Å². The van der Waals surface area contributed by atoms with E-state index in [2.05, 4.69) is 0 Å². The molecule has 24 heavy (non-hydrogen) atoms. The van der Waals surface area contributed by atoms with Crippen LogP contribution >= 0.6 is 0 Å². The lowest BCUT2D eigenvalue weighted by atomic mass is 10.0. The fourth-order valence-corrected chi connectivity index (χ4v) is 2.29. The lowest BCUT2D eigenvalue weighted by Crippen LogP contribution is -2.17. The number of halogens is 2. The molecule has 5 heteroatoms. The molecule has 0 fully saturated rings. The first kappa shape index (κ1) is 17.9. The summed E-state index contributed by atoms with van der Waals surface area (Å²) in [4.78, 5) is 11.7. The number of benzene rings is 2. The quantitative estimate of drug-likeness (QED) is 0.709. The van der Waals surface area contributed by atoms with Crippen LogP contribution in [0.15, 0.2) is 42.5 Å². The molecule has 0 aliphatic heterocycles. The van der Waals surface area contributed by atoms with Crippen LogP contribution in [0.4, 0.5) is 8.78 Å². The van der Waals surface area contributed by atoms with Crippen LogP contribution in [0, 0.1) is 17.6 Å². The molecule has 3 nitrogen and oxygen atoms in total. The highest BCUT2D eigenvalue weighted by Crippen LogP contribution is 2.27. The molecule has 0 spiro atoms. The van der Waals surface area contributed by atoms with Crippen LogP contribution < -0.4 is 4.74 Å². The summed E-state index contributed by atoms with van der Waals surface area (Å²) in [7, 11) is 0. The average Bonchev–Trinajstić information content (AvgIpc) is 2.58. The molecule has 0 amide bonds. The molecular weight excluding hydrogens is 314 g/mol. The van der Waals surface area contributed by atoms with Crippen molar-refractivity contribution in [3.63, 3.8) is 0 Å².